The molecule has 152 valence electrons. The summed E-state index contributed by atoms with van der Waals surface area (Å²) in [6.45, 7) is 1.56. The number of aromatic nitrogens is 1. The highest BCUT2D eigenvalue weighted by molar-refractivity contribution is 7.89. The van der Waals surface area contributed by atoms with E-state index in [1.165, 1.54) is 12.3 Å². The van der Waals surface area contributed by atoms with Gasteiger partial charge in [-0.1, -0.05) is 41.9 Å². The minimum absolute atomic E-state index is 0.428. The Bertz CT molecular complexity index is 1130. The molecular weight excluding hydrogens is 425 g/mol. The van der Waals surface area contributed by atoms with E-state index in [4.69, 9.17) is 11.6 Å². The summed E-state index contributed by atoms with van der Waals surface area (Å²) in [5, 5.41) is 0.428. The molecule has 0 saturated heterocycles. The van der Waals surface area contributed by atoms with Crippen LogP contribution in [-0.4, -0.2) is 13.4 Å². The van der Waals surface area contributed by atoms with E-state index >= 15 is 0 Å². The topological polar surface area (TPSA) is 59.1 Å². The first-order chi connectivity index (χ1) is 13.6. The molecule has 29 heavy (non-hydrogen) atoms. The van der Waals surface area contributed by atoms with E-state index in [-0.39, 0.29) is 0 Å². The molecule has 0 spiro atoms. The van der Waals surface area contributed by atoms with Crippen LogP contribution in [0, 0.1) is 0 Å². The molecule has 1 atom stereocenters. The standard InChI is InChI=1S/C20H16ClF3N2O2S/c1-13(14-5-4-6-15(11-14)16-9-10-25-12-18(16)21)26-29(27,28)19-8-3-2-7-17(19)20(22,23)24/h2-13,26H,1H3/t13-/m0/s1. The molecule has 3 rings (SSSR count). The van der Waals surface area contributed by atoms with E-state index in [2.05, 4.69) is 9.71 Å². The second kappa shape index (κ2) is 8.14. The SMILES string of the molecule is C[C@H](NS(=O)(=O)c1ccccc1C(F)(F)F)c1cccc(-c2ccncc2Cl)c1. The Morgan fingerprint density at radius 3 is 2.48 bits per heavy atom. The van der Waals surface area contributed by atoms with Crippen molar-refractivity contribution in [3.63, 3.8) is 0 Å². The predicted molar refractivity (Wildman–Crippen MR) is 105 cm³/mol. The van der Waals surface area contributed by atoms with Crippen LogP contribution in [0.25, 0.3) is 11.1 Å². The van der Waals surface area contributed by atoms with E-state index in [1.807, 2.05) is 0 Å². The Kier molecular flexibility index (Phi) is 5.97. The van der Waals surface area contributed by atoms with Crippen LogP contribution < -0.4 is 4.72 Å². The summed E-state index contributed by atoms with van der Waals surface area (Å²) in [6.07, 6.45) is -1.72. The van der Waals surface area contributed by atoms with Gasteiger partial charge in [-0.25, -0.2) is 13.1 Å². The maximum Gasteiger partial charge on any atom is 0.417 e. The Hall–Kier alpha value is -2.42. The summed E-state index contributed by atoms with van der Waals surface area (Å²) in [5.74, 6) is 0. The Labute approximate surface area is 171 Å². The van der Waals surface area contributed by atoms with E-state index in [0.29, 0.717) is 16.1 Å². The first-order valence-electron chi connectivity index (χ1n) is 8.48. The maximum absolute atomic E-state index is 13.2. The van der Waals surface area contributed by atoms with Crippen molar-refractivity contribution in [1.29, 1.82) is 0 Å². The average molecular weight is 441 g/mol. The van der Waals surface area contributed by atoms with Gasteiger partial charge in [-0.2, -0.15) is 13.2 Å². The highest BCUT2D eigenvalue weighted by Crippen LogP contribution is 2.34. The van der Waals surface area contributed by atoms with Gasteiger partial charge >= 0.3 is 6.18 Å². The van der Waals surface area contributed by atoms with Crippen LogP contribution in [0.5, 0.6) is 0 Å². The van der Waals surface area contributed by atoms with Crippen LogP contribution in [0.1, 0.15) is 24.1 Å². The third kappa shape index (κ3) is 4.77. The molecule has 3 aromatic rings. The third-order valence-electron chi connectivity index (χ3n) is 4.28. The molecule has 0 aliphatic carbocycles. The zero-order valence-electron chi connectivity index (χ0n) is 15.1. The zero-order chi connectivity index (χ0) is 21.2. The van der Waals surface area contributed by atoms with Crippen LogP contribution in [0.15, 0.2) is 71.9 Å². The first kappa shape index (κ1) is 21.3. The predicted octanol–water partition coefficient (Wildman–Crippen LogP) is 5.46. The van der Waals surface area contributed by atoms with Crippen molar-refractivity contribution in [2.24, 2.45) is 0 Å². The summed E-state index contributed by atoms with van der Waals surface area (Å²) in [7, 11) is -4.41. The fraction of sp³-hybridized carbons (Fsp3) is 0.150. The molecule has 9 heteroatoms. The number of halogens is 4. The number of sulfonamides is 1. The molecule has 0 saturated carbocycles. The quantitative estimate of drug-likeness (QED) is 0.573. The monoisotopic (exact) mass is 440 g/mol. The normalized spacial score (nSPS) is 13.3. The number of pyridine rings is 1. The minimum atomic E-state index is -4.79. The number of alkyl halides is 3. The van der Waals surface area contributed by atoms with Crippen molar-refractivity contribution in [2.75, 3.05) is 0 Å². The second-order valence-electron chi connectivity index (χ2n) is 6.32. The molecular formula is C20H16ClF3N2O2S. The summed E-state index contributed by atoms with van der Waals surface area (Å²) in [4.78, 5) is 3.11. The van der Waals surface area contributed by atoms with Gasteiger partial charge in [-0.3, -0.25) is 4.98 Å². The number of benzene rings is 2. The van der Waals surface area contributed by atoms with Gasteiger partial charge in [0.15, 0.2) is 0 Å². The number of nitrogens with zero attached hydrogens (tertiary/aromatic N) is 1. The first-order valence-corrected chi connectivity index (χ1v) is 10.3. The van der Waals surface area contributed by atoms with E-state index in [1.54, 1.807) is 43.5 Å². The van der Waals surface area contributed by atoms with Crippen LogP contribution >= 0.6 is 11.6 Å². The molecule has 0 aliphatic heterocycles. The highest BCUT2D eigenvalue weighted by atomic mass is 35.5. The van der Waals surface area contributed by atoms with Crippen molar-refractivity contribution in [3.05, 3.63) is 83.1 Å². The van der Waals surface area contributed by atoms with Gasteiger partial charge in [0.05, 0.1) is 15.5 Å². The molecule has 2 aromatic carbocycles. The molecule has 0 fully saturated rings. The van der Waals surface area contributed by atoms with Gasteiger partial charge in [0, 0.05) is 24.0 Å². The molecule has 1 aromatic heterocycles. The van der Waals surface area contributed by atoms with E-state index < -0.39 is 32.7 Å². The number of rotatable bonds is 5. The smallest absolute Gasteiger partial charge is 0.263 e. The van der Waals surface area contributed by atoms with Gasteiger partial charge < -0.3 is 0 Å². The van der Waals surface area contributed by atoms with Crippen molar-refractivity contribution >= 4 is 21.6 Å². The largest absolute Gasteiger partial charge is 0.417 e. The van der Waals surface area contributed by atoms with Crippen molar-refractivity contribution in [2.45, 2.75) is 24.0 Å². The van der Waals surface area contributed by atoms with Gasteiger partial charge in [0.1, 0.15) is 0 Å². The summed E-state index contributed by atoms with van der Waals surface area (Å²) < 4.78 is 67.2. The fourth-order valence-corrected chi connectivity index (χ4v) is 4.57. The Morgan fingerprint density at radius 2 is 1.79 bits per heavy atom. The Morgan fingerprint density at radius 1 is 1.07 bits per heavy atom. The highest BCUT2D eigenvalue weighted by Gasteiger charge is 2.37. The van der Waals surface area contributed by atoms with Crippen LogP contribution in [0.2, 0.25) is 5.02 Å². The lowest BCUT2D eigenvalue weighted by molar-refractivity contribution is -0.139. The molecule has 4 nitrogen and oxygen atoms in total. The van der Waals surface area contributed by atoms with Crippen molar-refractivity contribution in [1.82, 2.24) is 9.71 Å². The lowest BCUT2D eigenvalue weighted by Gasteiger charge is -2.18. The number of hydrogen-bond acceptors (Lipinski definition) is 3. The average Bonchev–Trinajstić information content (AvgIpc) is 2.67. The molecule has 1 N–H and O–H groups in total. The van der Waals surface area contributed by atoms with Crippen molar-refractivity contribution in [3.8, 4) is 11.1 Å². The fourth-order valence-electron chi connectivity index (χ4n) is 2.88. The van der Waals surface area contributed by atoms with E-state index in [0.717, 1.165) is 23.8 Å². The molecule has 0 radical (unpaired) electrons. The molecule has 0 bridgehead atoms. The molecule has 1 heterocycles. The summed E-state index contributed by atoms with van der Waals surface area (Å²) in [6, 6.07) is 11.9. The third-order valence-corrected chi connectivity index (χ3v) is 6.18. The molecule has 0 amide bonds. The zero-order valence-corrected chi connectivity index (χ0v) is 16.7. The lowest BCUT2D eigenvalue weighted by atomic mass is 10.0. The van der Waals surface area contributed by atoms with Gasteiger partial charge in [-0.15, -0.1) is 0 Å². The Balaban J connectivity index is 1.93. The van der Waals surface area contributed by atoms with Gasteiger partial charge in [0.25, 0.3) is 0 Å². The van der Waals surface area contributed by atoms with Gasteiger partial charge in [0.2, 0.25) is 10.0 Å². The second-order valence-corrected chi connectivity index (χ2v) is 8.41. The van der Waals surface area contributed by atoms with Crippen molar-refractivity contribution < 1.29 is 21.6 Å². The van der Waals surface area contributed by atoms with Crippen LogP contribution in [0.4, 0.5) is 13.2 Å². The van der Waals surface area contributed by atoms with E-state index in [9.17, 15) is 21.6 Å². The van der Waals surface area contributed by atoms with Crippen LogP contribution in [0.3, 0.4) is 0 Å². The minimum Gasteiger partial charge on any atom is -0.263 e. The summed E-state index contributed by atoms with van der Waals surface area (Å²) >= 11 is 6.16. The van der Waals surface area contributed by atoms with Crippen LogP contribution in [-0.2, 0) is 16.2 Å². The van der Waals surface area contributed by atoms with Gasteiger partial charge in [-0.05, 0) is 42.3 Å². The molecule has 0 unspecified atom stereocenters. The number of hydrogen-bond donors (Lipinski definition) is 1. The lowest BCUT2D eigenvalue weighted by Crippen LogP contribution is -2.29. The maximum atomic E-state index is 13.2. The molecule has 0 aliphatic rings. The summed E-state index contributed by atoms with van der Waals surface area (Å²) in [5.41, 5.74) is 0.804. The number of nitrogens with one attached hydrogen (secondary N) is 1.